The van der Waals surface area contributed by atoms with Crippen molar-refractivity contribution in [3.63, 3.8) is 0 Å². The van der Waals surface area contributed by atoms with Crippen molar-refractivity contribution in [2.45, 2.75) is 18.7 Å². The summed E-state index contributed by atoms with van der Waals surface area (Å²) < 4.78 is 43.8. The van der Waals surface area contributed by atoms with E-state index in [9.17, 15) is 22.8 Å². The summed E-state index contributed by atoms with van der Waals surface area (Å²) in [5.74, 6) is -0.915. The van der Waals surface area contributed by atoms with Gasteiger partial charge in [-0.15, -0.1) is 0 Å². The van der Waals surface area contributed by atoms with Crippen LogP contribution in [-0.4, -0.2) is 47.4 Å². The van der Waals surface area contributed by atoms with Gasteiger partial charge in [-0.25, -0.2) is 4.98 Å². The lowest BCUT2D eigenvalue weighted by atomic mass is 10.0. The number of nitrogens with zero attached hydrogens (tertiary/aromatic N) is 3. The maximum absolute atomic E-state index is 12.8. The first-order chi connectivity index (χ1) is 14.2. The average Bonchev–Trinajstić information content (AvgIpc) is 3.06. The first-order valence-corrected chi connectivity index (χ1v) is 9.63. The number of hydrogen-bond donors (Lipinski definition) is 0. The number of carbonyl (C=O) groups is 2. The molecule has 1 aromatic carbocycles. The van der Waals surface area contributed by atoms with Crippen molar-refractivity contribution >= 4 is 29.1 Å². The molecule has 2 saturated heterocycles. The number of anilines is 1. The van der Waals surface area contributed by atoms with Crippen molar-refractivity contribution in [1.29, 1.82) is 0 Å². The SMILES string of the molecule is O=C(C1CC(=O)N(c2ccc(Cl)cc2)C1)N1CC(Oc2cc(C(F)(F)F)ccn2)C1. The molecular weight excluding hydrogens is 423 g/mol. The Hall–Kier alpha value is -2.81. The minimum atomic E-state index is -4.48. The number of hydrogen-bond acceptors (Lipinski definition) is 4. The molecule has 158 valence electrons. The number of rotatable bonds is 4. The van der Waals surface area contributed by atoms with Crippen LogP contribution in [0.4, 0.5) is 18.9 Å². The number of carbonyl (C=O) groups excluding carboxylic acids is 2. The predicted molar refractivity (Wildman–Crippen MR) is 102 cm³/mol. The summed E-state index contributed by atoms with van der Waals surface area (Å²) in [5.41, 5.74) is -0.161. The molecule has 0 spiro atoms. The molecule has 1 atom stereocenters. The molecule has 30 heavy (non-hydrogen) atoms. The number of ether oxygens (including phenoxy) is 1. The molecule has 1 unspecified atom stereocenters. The van der Waals surface area contributed by atoms with E-state index < -0.39 is 23.8 Å². The molecule has 0 bridgehead atoms. The fourth-order valence-electron chi connectivity index (χ4n) is 3.52. The molecule has 0 saturated carbocycles. The molecule has 2 aliphatic heterocycles. The first kappa shape index (κ1) is 20.5. The molecular formula is C20H17ClF3N3O3. The van der Waals surface area contributed by atoms with Crippen LogP contribution in [0, 0.1) is 5.92 Å². The topological polar surface area (TPSA) is 62.7 Å². The van der Waals surface area contributed by atoms with Gasteiger partial charge in [0.1, 0.15) is 6.10 Å². The van der Waals surface area contributed by atoms with E-state index in [0.717, 1.165) is 18.3 Å². The summed E-state index contributed by atoms with van der Waals surface area (Å²) in [5, 5.41) is 0.555. The molecule has 0 N–H and O–H groups in total. The molecule has 2 aliphatic rings. The van der Waals surface area contributed by atoms with Crippen molar-refractivity contribution in [2.24, 2.45) is 5.92 Å². The lowest BCUT2D eigenvalue weighted by Crippen LogP contribution is -2.57. The van der Waals surface area contributed by atoms with Crippen LogP contribution < -0.4 is 9.64 Å². The summed E-state index contributed by atoms with van der Waals surface area (Å²) in [6, 6.07) is 8.51. The number of aromatic nitrogens is 1. The Morgan fingerprint density at radius 3 is 2.50 bits per heavy atom. The van der Waals surface area contributed by atoms with Crippen LogP contribution >= 0.6 is 11.6 Å². The van der Waals surface area contributed by atoms with Crippen LogP contribution in [-0.2, 0) is 15.8 Å². The summed E-state index contributed by atoms with van der Waals surface area (Å²) in [4.78, 5) is 31.9. The summed E-state index contributed by atoms with van der Waals surface area (Å²) >= 11 is 5.87. The Morgan fingerprint density at radius 1 is 1.13 bits per heavy atom. The van der Waals surface area contributed by atoms with Crippen molar-refractivity contribution < 1.29 is 27.5 Å². The third-order valence-electron chi connectivity index (χ3n) is 5.12. The Balaban J connectivity index is 1.31. The quantitative estimate of drug-likeness (QED) is 0.732. The summed E-state index contributed by atoms with van der Waals surface area (Å²) in [7, 11) is 0. The number of likely N-dealkylation sites (tertiary alicyclic amines) is 1. The van der Waals surface area contributed by atoms with Gasteiger partial charge in [-0.05, 0) is 30.3 Å². The smallest absolute Gasteiger partial charge is 0.416 e. The standard InChI is InChI=1S/C20H17ClF3N3O3/c21-14-1-3-15(4-2-14)27-9-12(7-18(27)28)19(29)26-10-16(11-26)30-17-8-13(5-6-25-17)20(22,23)24/h1-6,8,12,16H,7,9-11H2. The highest BCUT2D eigenvalue weighted by molar-refractivity contribution is 6.30. The minimum Gasteiger partial charge on any atom is -0.471 e. The molecule has 2 fully saturated rings. The highest BCUT2D eigenvalue weighted by Gasteiger charge is 2.41. The maximum atomic E-state index is 12.8. The van der Waals surface area contributed by atoms with E-state index in [1.54, 1.807) is 34.1 Å². The van der Waals surface area contributed by atoms with E-state index in [2.05, 4.69) is 4.98 Å². The Morgan fingerprint density at radius 2 is 1.83 bits per heavy atom. The zero-order valence-corrected chi connectivity index (χ0v) is 16.4. The van der Waals surface area contributed by atoms with Gasteiger partial charge in [0.15, 0.2) is 0 Å². The molecule has 10 heteroatoms. The second-order valence-corrected chi connectivity index (χ2v) is 7.68. The van der Waals surface area contributed by atoms with Gasteiger partial charge >= 0.3 is 6.18 Å². The minimum absolute atomic E-state index is 0.110. The molecule has 1 aromatic heterocycles. The van der Waals surface area contributed by atoms with E-state index >= 15 is 0 Å². The molecule has 3 heterocycles. The second-order valence-electron chi connectivity index (χ2n) is 7.25. The zero-order valence-electron chi connectivity index (χ0n) is 15.6. The zero-order chi connectivity index (χ0) is 21.5. The van der Waals surface area contributed by atoms with Gasteiger partial charge in [-0.2, -0.15) is 13.2 Å². The van der Waals surface area contributed by atoms with E-state index in [1.165, 1.54) is 0 Å². The fourth-order valence-corrected chi connectivity index (χ4v) is 3.64. The van der Waals surface area contributed by atoms with Crippen LogP contribution in [0.25, 0.3) is 0 Å². The number of amides is 2. The van der Waals surface area contributed by atoms with Gasteiger partial charge in [-0.1, -0.05) is 11.6 Å². The summed E-state index contributed by atoms with van der Waals surface area (Å²) in [6.07, 6.45) is -3.77. The van der Waals surface area contributed by atoms with Gasteiger partial charge < -0.3 is 14.5 Å². The van der Waals surface area contributed by atoms with Gasteiger partial charge in [0.25, 0.3) is 0 Å². The highest BCUT2D eigenvalue weighted by Crippen LogP contribution is 2.32. The molecule has 0 aliphatic carbocycles. The Labute approximate surface area is 175 Å². The molecule has 6 nitrogen and oxygen atoms in total. The number of halogens is 4. The van der Waals surface area contributed by atoms with Crippen molar-refractivity contribution in [2.75, 3.05) is 24.5 Å². The third-order valence-corrected chi connectivity index (χ3v) is 5.37. The predicted octanol–water partition coefficient (Wildman–Crippen LogP) is 3.40. The van der Waals surface area contributed by atoms with E-state index in [1.807, 2.05) is 0 Å². The fraction of sp³-hybridized carbons (Fsp3) is 0.350. The van der Waals surface area contributed by atoms with Gasteiger partial charge in [0, 0.05) is 35.9 Å². The van der Waals surface area contributed by atoms with E-state index in [-0.39, 0.29) is 43.7 Å². The number of pyridine rings is 1. The van der Waals surface area contributed by atoms with Gasteiger partial charge in [0.2, 0.25) is 17.7 Å². The van der Waals surface area contributed by atoms with Crippen LogP contribution in [0.5, 0.6) is 5.88 Å². The molecule has 2 amide bonds. The maximum Gasteiger partial charge on any atom is 0.416 e. The Kier molecular flexibility index (Phi) is 5.31. The molecule has 4 rings (SSSR count). The average molecular weight is 440 g/mol. The summed E-state index contributed by atoms with van der Waals surface area (Å²) in [6.45, 7) is 0.751. The first-order valence-electron chi connectivity index (χ1n) is 9.25. The van der Waals surface area contributed by atoms with E-state index in [4.69, 9.17) is 16.3 Å². The lowest BCUT2D eigenvalue weighted by molar-refractivity contribution is -0.144. The molecule has 2 aromatic rings. The van der Waals surface area contributed by atoms with Crippen LogP contribution in [0.1, 0.15) is 12.0 Å². The lowest BCUT2D eigenvalue weighted by Gasteiger charge is -2.39. The van der Waals surface area contributed by atoms with Crippen molar-refractivity contribution in [3.8, 4) is 5.88 Å². The highest BCUT2D eigenvalue weighted by atomic mass is 35.5. The largest absolute Gasteiger partial charge is 0.471 e. The van der Waals surface area contributed by atoms with Gasteiger partial charge in [0.05, 0.1) is 24.6 Å². The number of alkyl halides is 3. The van der Waals surface area contributed by atoms with Crippen molar-refractivity contribution in [1.82, 2.24) is 9.88 Å². The van der Waals surface area contributed by atoms with E-state index in [0.29, 0.717) is 10.7 Å². The molecule has 0 radical (unpaired) electrons. The third kappa shape index (κ3) is 4.21. The van der Waals surface area contributed by atoms with Crippen LogP contribution in [0.2, 0.25) is 5.02 Å². The second kappa shape index (κ2) is 7.79. The Bertz CT molecular complexity index is 962. The normalized spacial score (nSPS) is 19.7. The number of benzene rings is 1. The van der Waals surface area contributed by atoms with Crippen LogP contribution in [0.3, 0.4) is 0 Å². The van der Waals surface area contributed by atoms with Gasteiger partial charge in [-0.3, -0.25) is 9.59 Å². The van der Waals surface area contributed by atoms with Crippen molar-refractivity contribution in [3.05, 3.63) is 53.2 Å². The van der Waals surface area contributed by atoms with Crippen LogP contribution in [0.15, 0.2) is 42.6 Å². The monoisotopic (exact) mass is 439 g/mol.